The van der Waals surface area contributed by atoms with Gasteiger partial charge in [-0.1, -0.05) is 30.8 Å². The van der Waals surface area contributed by atoms with E-state index in [-0.39, 0.29) is 17.8 Å². The van der Waals surface area contributed by atoms with Gasteiger partial charge in [-0.15, -0.1) is 9.78 Å². The van der Waals surface area contributed by atoms with Crippen LogP contribution in [0.15, 0.2) is 67.4 Å². The SMILES string of the molecule is C=CC(=O)N1C=C(c2ccc(NC(=O)n3nc(Nc4ccc(CN(C)C)cc4)nc3N)cc2)CC1. The third kappa shape index (κ3) is 5.74. The van der Waals surface area contributed by atoms with Crippen molar-refractivity contribution in [1.29, 1.82) is 0 Å². The van der Waals surface area contributed by atoms with Crippen LogP contribution in [0.5, 0.6) is 0 Å². The highest BCUT2D eigenvalue weighted by atomic mass is 16.2. The average molecular weight is 473 g/mol. The number of anilines is 4. The summed E-state index contributed by atoms with van der Waals surface area (Å²) < 4.78 is 1.01. The number of nitrogens with zero attached hydrogens (tertiary/aromatic N) is 5. The zero-order valence-corrected chi connectivity index (χ0v) is 19.7. The minimum absolute atomic E-state index is 0.0334. The van der Waals surface area contributed by atoms with Crippen LogP contribution in [0.4, 0.5) is 28.1 Å². The maximum absolute atomic E-state index is 12.7. The van der Waals surface area contributed by atoms with Gasteiger partial charge in [-0.05, 0) is 67.6 Å². The standard InChI is InChI=1S/C25H28N8O2/c1-4-22(34)32-14-13-19(16-32)18-7-11-21(12-8-18)28-25(35)33-23(26)29-24(30-33)27-20-9-5-17(6-10-20)15-31(2)3/h4-12,16H,1,13-15H2,2-3H3,(H,28,35)(H3,26,27,29,30). The van der Waals surface area contributed by atoms with Crippen molar-refractivity contribution in [2.45, 2.75) is 13.0 Å². The van der Waals surface area contributed by atoms with Crippen LogP contribution in [0.25, 0.3) is 5.57 Å². The van der Waals surface area contributed by atoms with E-state index in [9.17, 15) is 9.59 Å². The normalized spacial score (nSPS) is 13.0. The Morgan fingerprint density at radius 2 is 1.80 bits per heavy atom. The third-order valence-electron chi connectivity index (χ3n) is 5.43. The van der Waals surface area contributed by atoms with E-state index in [0.717, 1.165) is 34.5 Å². The number of amides is 2. The van der Waals surface area contributed by atoms with Gasteiger partial charge in [0.25, 0.3) is 0 Å². The van der Waals surface area contributed by atoms with E-state index in [1.807, 2.05) is 56.7 Å². The number of hydrogen-bond acceptors (Lipinski definition) is 7. The molecule has 10 heteroatoms. The summed E-state index contributed by atoms with van der Waals surface area (Å²) in [5, 5.41) is 10.0. The van der Waals surface area contributed by atoms with Gasteiger partial charge < -0.3 is 26.2 Å². The molecule has 180 valence electrons. The van der Waals surface area contributed by atoms with Crippen molar-refractivity contribution in [3.63, 3.8) is 0 Å². The quantitative estimate of drug-likeness (QED) is 0.450. The summed E-state index contributed by atoms with van der Waals surface area (Å²) in [6, 6.07) is 14.7. The Balaban J connectivity index is 1.39. The van der Waals surface area contributed by atoms with E-state index in [1.54, 1.807) is 17.0 Å². The van der Waals surface area contributed by atoms with E-state index in [2.05, 4.69) is 32.2 Å². The number of benzene rings is 2. The summed E-state index contributed by atoms with van der Waals surface area (Å²) in [7, 11) is 4.03. The van der Waals surface area contributed by atoms with Crippen LogP contribution in [-0.2, 0) is 11.3 Å². The van der Waals surface area contributed by atoms with Gasteiger partial charge in [-0.2, -0.15) is 4.98 Å². The average Bonchev–Trinajstić information content (AvgIpc) is 3.47. The molecule has 2 heterocycles. The molecule has 4 rings (SSSR count). The summed E-state index contributed by atoms with van der Waals surface area (Å²) >= 11 is 0. The summed E-state index contributed by atoms with van der Waals surface area (Å²) in [5.41, 5.74) is 10.5. The molecule has 0 spiro atoms. The van der Waals surface area contributed by atoms with Crippen molar-refractivity contribution in [3.8, 4) is 0 Å². The van der Waals surface area contributed by atoms with Crippen LogP contribution in [0.3, 0.4) is 0 Å². The van der Waals surface area contributed by atoms with Crippen LogP contribution in [0.2, 0.25) is 0 Å². The molecule has 1 aliphatic rings. The zero-order chi connectivity index (χ0) is 24.9. The number of rotatable bonds is 7. The number of carbonyl (C=O) groups is 2. The van der Waals surface area contributed by atoms with E-state index < -0.39 is 6.03 Å². The van der Waals surface area contributed by atoms with E-state index in [1.165, 1.54) is 11.6 Å². The lowest BCUT2D eigenvalue weighted by Crippen LogP contribution is -2.22. The van der Waals surface area contributed by atoms with E-state index in [0.29, 0.717) is 12.2 Å². The second-order valence-corrected chi connectivity index (χ2v) is 8.41. The first-order valence-corrected chi connectivity index (χ1v) is 11.1. The Morgan fingerprint density at radius 3 is 2.46 bits per heavy atom. The molecule has 1 aromatic heterocycles. The molecule has 35 heavy (non-hydrogen) atoms. The lowest BCUT2D eigenvalue weighted by molar-refractivity contribution is -0.123. The third-order valence-corrected chi connectivity index (χ3v) is 5.43. The lowest BCUT2D eigenvalue weighted by atomic mass is 10.1. The van der Waals surface area contributed by atoms with Gasteiger partial charge in [0.05, 0.1) is 0 Å². The molecular weight excluding hydrogens is 444 g/mol. The number of nitrogens with one attached hydrogen (secondary N) is 2. The number of nitrogen functional groups attached to an aromatic ring is 1. The first kappa shape index (κ1) is 23.7. The number of hydrogen-bond donors (Lipinski definition) is 3. The summed E-state index contributed by atoms with van der Waals surface area (Å²) in [6.07, 6.45) is 3.89. The van der Waals surface area contributed by atoms with Crippen molar-refractivity contribution >= 4 is 40.8 Å². The lowest BCUT2D eigenvalue weighted by Gasteiger charge is -2.10. The molecule has 2 amide bonds. The zero-order valence-electron chi connectivity index (χ0n) is 19.7. The molecule has 0 radical (unpaired) electrons. The Morgan fingerprint density at radius 1 is 1.11 bits per heavy atom. The van der Waals surface area contributed by atoms with Crippen molar-refractivity contribution in [2.24, 2.45) is 0 Å². The van der Waals surface area contributed by atoms with Crippen LogP contribution in [0, 0.1) is 0 Å². The Kier molecular flexibility index (Phi) is 6.93. The largest absolute Gasteiger partial charge is 0.368 e. The topological polar surface area (TPSA) is 121 Å². The van der Waals surface area contributed by atoms with Crippen LogP contribution in [0.1, 0.15) is 17.5 Å². The smallest absolute Gasteiger partial charge is 0.349 e. The van der Waals surface area contributed by atoms with Gasteiger partial charge in [-0.3, -0.25) is 4.79 Å². The van der Waals surface area contributed by atoms with Crippen LogP contribution in [-0.4, -0.2) is 57.1 Å². The molecule has 0 saturated heterocycles. The maximum atomic E-state index is 12.7. The van der Waals surface area contributed by atoms with Crippen LogP contribution < -0.4 is 16.4 Å². The Labute approximate surface area is 203 Å². The van der Waals surface area contributed by atoms with Gasteiger partial charge in [0, 0.05) is 30.7 Å². The number of carbonyl (C=O) groups excluding carboxylic acids is 2. The van der Waals surface area contributed by atoms with Crippen molar-refractivity contribution in [3.05, 3.63) is 78.5 Å². The van der Waals surface area contributed by atoms with Gasteiger partial charge in [0.2, 0.25) is 17.8 Å². The highest BCUT2D eigenvalue weighted by molar-refractivity contribution is 5.92. The highest BCUT2D eigenvalue weighted by Gasteiger charge is 2.18. The van der Waals surface area contributed by atoms with Gasteiger partial charge >= 0.3 is 6.03 Å². The molecular formula is C25H28N8O2. The highest BCUT2D eigenvalue weighted by Crippen LogP contribution is 2.26. The number of nitrogens with two attached hydrogens (primary N) is 1. The fourth-order valence-electron chi connectivity index (χ4n) is 3.73. The summed E-state index contributed by atoms with van der Waals surface area (Å²) in [5.74, 6) is 0.0681. The molecule has 10 nitrogen and oxygen atoms in total. The molecule has 3 aromatic rings. The molecule has 0 saturated carbocycles. The molecule has 0 aliphatic carbocycles. The fraction of sp³-hybridized carbons (Fsp3) is 0.200. The molecule has 1 aliphatic heterocycles. The predicted octanol–water partition coefficient (Wildman–Crippen LogP) is 3.50. The minimum Gasteiger partial charge on any atom is -0.368 e. The fourth-order valence-corrected chi connectivity index (χ4v) is 3.73. The second-order valence-electron chi connectivity index (χ2n) is 8.41. The molecule has 4 N–H and O–H groups in total. The Hall–Kier alpha value is -4.44. The molecule has 2 aromatic carbocycles. The first-order chi connectivity index (χ1) is 16.8. The summed E-state index contributed by atoms with van der Waals surface area (Å²) in [4.78, 5) is 32.3. The van der Waals surface area contributed by atoms with Gasteiger partial charge in [-0.25, -0.2) is 4.79 Å². The van der Waals surface area contributed by atoms with Crippen molar-refractivity contribution < 1.29 is 9.59 Å². The molecule has 0 unspecified atom stereocenters. The number of aromatic nitrogens is 3. The predicted molar refractivity (Wildman–Crippen MR) is 137 cm³/mol. The van der Waals surface area contributed by atoms with Crippen molar-refractivity contribution in [2.75, 3.05) is 37.0 Å². The summed E-state index contributed by atoms with van der Waals surface area (Å²) in [6.45, 7) is 4.99. The maximum Gasteiger partial charge on any atom is 0.349 e. The van der Waals surface area contributed by atoms with Gasteiger partial charge in [0.1, 0.15) is 0 Å². The second kappa shape index (κ2) is 10.2. The van der Waals surface area contributed by atoms with Crippen LogP contribution >= 0.6 is 0 Å². The molecule has 0 bridgehead atoms. The monoisotopic (exact) mass is 472 g/mol. The van der Waals surface area contributed by atoms with Crippen molar-refractivity contribution in [1.82, 2.24) is 24.6 Å². The van der Waals surface area contributed by atoms with Gasteiger partial charge in [0.15, 0.2) is 0 Å². The first-order valence-electron chi connectivity index (χ1n) is 11.1. The van der Waals surface area contributed by atoms with E-state index >= 15 is 0 Å². The Bertz CT molecular complexity index is 1260. The molecule has 0 atom stereocenters. The van der Waals surface area contributed by atoms with E-state index in [4.69, 9.17) is 5.73 Å². The molecule has 0 fully saturated rings. The minimum atomic E-state index is -0.528.